The number of anilines is 1. The van der Waals surface area contributed by atoms with Crippen LogP contribution >= 0.6 is 0 Å². The summed E-state index contributed by atoms with van der Waals surface area (Å²) in [5.74, 6) is 0. The van der Waals surface area contributed by atoms with Gasteiger partial charge in [-0.3, -0.25) is 0 Å². The van der Waals surface area contributed by atoms with Crippen molar-refractivity contribution in [1.82, 2.24) is 9.21 Å². The second-order valence-corrected chi connectivity index (χ2v) is 7.24. The van der Waals surface area contributed by atoms with Crippen LogP contribution in [0.25, 0.3) is 0 Å². The van der Waals surface area contributed by atoms with Crippen LogP contribution in [-0.2, 0) is 10.0 Å². The van der Waals surface area contributed by atoms with Crippen molar-refractivity contribution < 1.29 is 8.42 Å². The Labute approximate surface area is 128 Å². The maximum atomic E-state index is 12.6. The van der Waals surface area contributed by atoms with Gasteiger partial charge in [-0.15, -0.1) is 0 Å². The second kappa shape index (κ2) is 7.24. The molecule has 1 aromatic rings. The molecule has 1 N–H and O–H groups in total. The van der Waals surface area contributed by atoms with E-state index in [1.165, 1.54) is 0 Å². The summed E-state index contributed by atoms with van der Waals surface area (Å²) in [5.41, 5.74) is 0.948. The first-order valence-corrected chi connectivity index (χ1v) is 9.08. The summed E-state index contributed by atoms with van der Waals surface area (Å²) in [6.45, 7) is 8.84. The van der Waals surface area contributed by atoms with E-state index in [4.69, 9.17) is 0 Å². The van der Waals surface area contributed by atoms with Gasteiger partial charge in [0.2, 0.25) is 10.0 Å². The van der Waals surface area contributed by atoms with Crippen molar-refractivity contribution in [2.24, 2.45) is 0 Å². The highest BCUT2D eigenvalue weighted by atomic mass is 32.2. The van der Waals surface area contributed by atoms with Crippen LogP contribution in [0, 0.1) is 0 Å². The lowest BCUT2D eigenvalue weighted by Gasteiger charge is -2.33. The highest BCUT2D eigenvalue weighted by molar-refractivity contribution is 7.89. The van der Waals surface area contributed by atoms with Gasteiger partial charge in [0.15, 0.2) is 0 Å². The number of hydrogen-bond donors (Lipinski definition) is 1. The maximum absolute atomic E-state index is 12.6. The Morgan fingerprint density at radius 1 is 1.05 bits per heavy atom. The highest BCUT2D eigenvalue weighted by Crippen LogP contribution is 2.19. The number of hydrogen-bond acceptors (Lipinski definition) is 4. The van der Waals surface area contributed by atoms with Crippen LogP contribution in [0.4, 0.5) is 5.69 Å². The minimum absolute atomic E-state index is 0.382. The second-order valence-electron chi connectivity index (χ2n) is 5.30. The number of benzene rings is 1. The van der Waals surface area contributed by atoms with Gasteiger partial charge >= 0.3 is 0 Å². The molecule has 0 amide bonds. The molecule has 1 saturated heterocycles. The zero-order valence-corrected chi connectivity index (χ0v) is 13.7. The Hall–Kier alpha value is -1.11. The van der Waals surface area contributed by atoms with Gasteiger partial charge in [-0.2, -0.15) is 4.31 Å². The fourth-order valence-electron chi connectivity index (χ4n) is 2.61. The fourth-order valence-corrected chi connectivity index (χ4v) is 4.03. The normalized spacial score (nSPS) is 17.8. The van der Waals surface area contributed by atoms with Gasteiger partial charge < -0.3 is 10.2 Å². The molecule has 1 aliphatic rings. The van der Waals surface area contributed by atoms with Crippen molar-refractivity contribution in [3.05, 3.63) is 24.3 Å². The van der Waals surface area contributed by atoms with Crippen molar-refractivity contribution in [2.45, 2.75) is 25.2 Å². The molecule has 118 valence electrons. The number of piperazine rings is 1. The monoisotopic (exact) mass is 311 g/mol. The molecule has 5 nitrogen and oxygen atoms in total. The molecule has 0 spiro atoms. The van der Waals surface area contributed by atoms with Crippen molar-refractivity contribution in [2.75, 3.05) is 44.6 Å². The maximum Gasteiger partial charge on any atom is 0.243 e. The first-order chi connectivity index (χ1) is 10.1. The lowest BCUT2D eigenvalue weighted by Crippen LogP contribution is -2.48. The summed E-state index contributed by atoms with van der Waals surface area (Å²) in [6, 6.07) is 7.02. The summed E-state index contributed by atoms with van der Waals surface area (Å²) < 4.78 is 26.8. The molecule has 0 aromatic heterocycles. The summed E-state index contributed by atoms with van der Waals surface area (Å²) in [7, 11) is -3.35. The minimum Gasteiger partial charge on any atom is -0.385 e. The topological polar surface area (TPSA) is 52.7 Å². The van der Waals surface area contributed by atoms with Crippen LogP contribution in [0.3, 0.4) is 0 Å². The number of nitrogens with zero attached hydrogens (tertiary/aromatic N) is 2. The summed E-state index contributed by atoms with van der Waals surface area (Å²) in [6.07, 6.45) is 1.11. The Kier molecular flexibility index (Phi) is 5.61. The van der Waals surface area contributed by atoms with E-state index in [1.54, 1.807) is 16.4 Å². The first-order valence-electron chi connectivity index (χ1n) is 7.64. The molecule has 21 heavy (non-hydrogen) atoms. The summed E-state index contributed by atoms with van der Waals surface area (Å²) >= 11 is 0. The van der Waals surface area contributed by atoms with Crippen LogP contribution < -0.4 is 5.32 Å². The Balaban J connectivity index is 2.04. The molecular weight excluding hydrogens is 286 g/mol. The molecule has 6 heteroatoms. The predicted molar refractivity (Wildman–Crippen MR) is 86.1 cm³/mol. The molecule has 1 fully saturated rings. The molecule has 0 radical (unpaired) electrons. The Morgan fingerprint density at radius 3 is 2.19 bits per heavy atom. The first kappa shape index (κ1) is 16.3. The van der Waals surface area contributed by atoms with Gasteiger partial charge in [0.05, 0.1) is 4.90 Å². The van der Waals surface area contributed by atoms with Gasteiger partial charge in [0, 0.05) is 38.4 Å². The molecule has 0 saturated carbocycles. The molecule has 1 aromatic carbocycles. The average molecular weight is 311 g/mol. The minimum atomic E-state index is -3.35. The van der Waals surface area contributed by atoms with E-state index in [9.17, 15) is 8.42 Å². The van der Waals surface area contributed by atoms with Crippen molar-refractivity contribution in [3.8, 4) is 0 Å². The largest absolute Gasteiger partial charge is 0.385 e. The quantitative estimate of drug-likeness (QED) is 0.871. The van der Waals surface area contributed by atoms with Crippen LogP contribution in [0.1, 0.15) is 20.3 Å². The van der Waals surface area contributed by atoms with Gasteiger partial charge in [0.1, 0.15) is 0 Å². The molecule has 1 aliphatic heterocycles. The third-order valence-electron chi connectivity index (χ3n) is 3.74. The van der Waals surface area contributed by atoms with E-state index in [0.29, 0.717) is 18.0 Å². The molecule has 2 rings (SSSR count). The van der Waals surface area contributed by atoms with Crippen molar-refractivity contribution in [3.63, 3.8) is 0 Å². The van der Waals surface area contributed by atoms with E-state index < -0.39 is 10.0 Å². The third-order valence-corrected chi connectivity index (χ3v) is 5.66. The lowest BCUT2D eigenvalue weighted by molar-refractivity contribution is 0.188. The standard InChI is InChI=1S/C15H25N3O2S/c1-3-9-17-10-12-18(13-11-17)21(19,20)15-7-5-14(6-8-15)16-4-2/h5-8,16H,3-4,9-13H2,1-2H3. The SMILES string of the molecule is CCCN1CCN(S(=O)(=O)c2ccc(NCC)cc2)CC1. The average Bonchev–Trinajstić information content (AvgIpc) is 2.49. The smallest absolute Gasteiger partial charge is 0.243 e. The van der Waals surface area contributed by atoms with E-state index >= 15 is 0 Å². The number of nitrogens with one attached hydrogen (secondary N) is 1. The number of sulfonamides is 1. The zero-order valence-electron chi connectivity index (χ0n) is 12.9. The van der Waals surface area contributed by atoms with Crippen LogP contribution in [0.15, 0.2) is 29.2 Å². The van der Waals surface area contributed by atoms with Gasteiger partial charge in [0.25, 0.3) is 0 Å². The van der Waals surface area contributed by atoms with E-state index in [2.05, 4.69) is 17.1 Å². The summed E-state index contributed by atoms with van der Waals surface area (Å²) in [4.78, 5) is 2.70. The third kappa shape index (κ3) is 3.96. The molecule has 1 heterocycles. The Bertz CT molecular complexity index is 535. The van der Waals surface area contributed by atoms with Crippen molar-refractivity contribution in [1.29, 1.82) is 0 Å². The van der Waals surface area contributed by atoms with Gasteiger partial charge in [-0.1, -0.05) is 6.92 Å². The van der Waals surface area contributed by atoms with Crippen LogP contribution in [0.5, 0.6) is 0 Å². The van der Waals surface area contributed by atoms with E-state index in [0.717, 1.165) is 38.3 Å². The Morgan fingerprint density at radius 2 is 1.67 bits per heavy atom. The molecule has 0 aliphatic carbocycles. The highest BCUT2D eigenvalue weighted by Gasteiger charge is 2.27. The van der Waals surface area contributed by atoms with Crippen LogP contribution in [-0.4, -0.2) is 56.9 Å². The van der Waals surface area contributed by atoms with Gasteiger partial charge in [-0.05, 0) is 44.2 Å². The van der Waals surface area contributed by atoms with Gasteiger partial charge in [-0.25, -0.2) is 8.42 Å². The lowest BCUT2D eigenvalue weighted by atomic mass is 10.3. The summed E-state index contributed by atoms with van der Waals surface area (Å²) in [5, 5.41) is 3.17. The van der Waals surface area contributed by atoms with E-state index in [-0.39, 0.29) is 0 Å². The zero-order chi connectivity index (χ0) is 15.3. The molecular formula is C15H25N3O2S. The fraction of sp³-hybridized carbons (Fsp3) is 0.600. The molecule has 0 atom stereocenters. The van der Waals surface area contributed by atoms with Crippen molar-refractivity contribution >= 4 is 15.7 Å². The predicted octanol–water partition coefficient (Wildman–Crippen LogP) is 1.83. The number of rotatable bonds is 6. The molecule has 0 unspecified atom stereocenters. The van der Waals surface area contributed by atoms with E-state index in [1.807, 2.05) is 19.1 Å². The molecule has 0 bridgehead atoms. The van der Waals surface area contributed by atoms with Crippen LogP contribution in [0.2, 0.25) is 0 Å².